The number of nitrogens with one attached hydrogen (secondary N) is 1. The molecule has 2 aromatic heterocycles. The second kappa shape index (κ2) is 4.59. The van der Waals surface area contributed by atoms with Gasteiger partial charge in [0.15, 0.2) is 5.82 Å². The van der Waals surface area contributed by atoms with Gasteiger partial charge in [-0.1, -0.05) is 34.1 Å². The van der Waals surface area contributed by atoms with Crippen LogP contribution in [0.4, 0.5) is 5.82 Å². The van der Waals surface area contributed by atoms with Crippen molar-refractivity contribution in [3.8, 4) is 21.7 Å². The number of H-pyrrole nitrogens is 1. The molecule has 2 heterocycles. The summed E-state index contributed by atoms with van der Waals surface area (Å²) in [4.78, 5) is 1.12. The van der Waals surface area contributed by atoms with Crippen molar-refractivity contribution in [1.29, 1.82) is 0 Å². The SMILES string of the molecule is Nc1n[nH]c(-c2ccc(Br)cc2)c1-c1cccs1. The van der Waals surface area contributed by atoms with Crippen LogP contribution in [0.5, 0.6) is 0 Å². The van der Waals surface area contributed by atoms with Crippen LogP contribution >= 0.6 is 27.3 Å². The van der Waals surface area contributed by atoms with Gasteiger partial charge in [-0.2, -0.15) is 5.10 Å². The zero-order valence-electron chi connectivity index (χ0n) is 9.35. The Hall–Kier alpha value is -1.59. The Kier molecular flexibility index (Phi) is 2.93. The van der Waals surface area contributed by atoms with Crippen LogP contribution in [0, 0.1) is 0 Å². The maximum Gasteiger partial charge on any atom is 0.154 e. The van der Waals surface area contributed by atoms with Crippen LogP contribution in [-0.4, -0.2) is 10.2 Å². The largest absolute Gasteiger partial charge is 0.382 e. The molecule has 3 rings (SSSR count). The predicted molar refractivity (Wildman–Crippen MR) is 79.4 cm³/mol. The zero-order valence-corrected chi connectivity index (χ0v) is 11.8. The third kappa shape index (κ3) is 1.95. The summed E-state index contributed by atoms with van der Waals surface area (Å²) in [6, 6.07) is 12.1. The van der Waals surface area contributed by atoms with Gasteiger partial charge in [-0.05, 0) is 23.6 Å². The van der Waals surface area contributed by atoms with Gasteiger partial charge in [-0.15, -0.1) is 11.3 Å². The third-order valence-electron chi connectivity index (χ3n) is 2.69. The Morgan fingerprint density at radius 2 is 1.94 bits per heavy atom. The lowest BCUT2D eigenvalue weighted by atomic mass is 10.1. The van der Waals surface area contributed by atoms with E-state index < -0.39 is 0 Å². The van der Waals surface area contributed by atoms with E-state index in [0.717, 1.165) is 26.2 Å². The average molecular weight is 320 g/mol. The second-order valence-electron chi connectivity index (χ2n) is 3.84. The lowest BCUT2D eigenvalue weighted by Gasteiger charge is -2.02. The molecule has 0 radical (unpaired) electrons. The molecule has 0 fully saturated rings. The highest BCUT2D eigenvalue weighted by atomic mass is 79.9. The van der Waals surface area contributed by atoms with Crippen molar-refractivity contribution in [3.63, 3.8) is 0 Å². The van der Waals surface area contributed by atoms with Gasteiger partial charge in [0.25, 0.3) is 0 Å². The van der Waals surface area contributed by atoms with E-state index in [0.29, 0.717) is 5.82 Å². The van der Waals surface area contributed by atoms with Gasteiger partial charge < -0.3 is 5.73 Å². The van der Waals surface area contributed by atoms with E-state index in [2.05, 4.69) is 26.1 Å². The second-order valence-corrected chi connectivity index (χ2v) is 5.71. The van der Waals surface area contributed by atoms with Crippen LogP contribution < -0.4 is 5.73 Å². The first kappa shape index (κ1) is 11.5. The molecule has 0 spiro atoms. The average Bonchev–Trinajstić information content (AvgIpc) is 2.99. The summed E-state index contributed by atoms with van der Waals surface area (Å²) in [7, 11) is 0. The van der Waals surface area contributed by atoms with Crippen LogP contribution in [0.15, 0.2) is 46.3 Å². The number of nitrogens with two attached hydrogens (primary N) is 1. The number of nitrogen functional groups attached to an aromatic ring is 1. The van der Waals surface area contributed by atoms with Gasteiger partial charge >= 0.3 is 0 Å². The van der Waals surface area contributed by atoms with Crippen LogP contribution in [-0.2, 0) is 0 Å². The number of hydrogen-bond acceptors (Lipinski definition) is 3. The molecule has 0 atom stereocenters. The summed E-state index contributed by atoms with van der Waals surface area (Å²) in [6.45, 7) is 0. The topological polar surface area (TPSA) is 54.7 Å². The first-order valence-corrected chi connectivity index (χ1v) is 7.06. The van der Waals surface area contributed by atoms with Gasteiger partial charge in [0.2, 0.25) is 0 Å². The minimum atomic E-state index is 0.537. The van der Waals surface area contributed by atoms with Crippen molar-refractivity contribution >= 4 is 33.1 Å². The fourth-order valence-corrected chi connectivity index (χ4v) is 2.90. The van der Waals surface area contributed by atoms with E-state index >= 15 is 0 Å². The van der Waals surface area contributed by atoms with Crippen LogP contribution in [0.1, 0.15) is 0 Å². The number of aromatic nitrogens is 2. The van der Waals surface area contributed by atoms with Crippen molar-refractivity contribution in [2.75, 3.05) is 5.73 Å². The fraction of sp³-hybridized carbons (Fsp3) is 0. The Morgan fingerprint density at radius 1 is 1.17 bits per heavy atom. The summed E-state index contributed by atoms with van der Waals surface area (Å²) in [5.41, 5.74) is 8.97. The highest BCUT2D eigenvalue weighted by Crippen LogP contribution is 2.37. The van der Waals surface area contributed by atoms with Crippen LogP contribution in [0.25, 0.3) is 21.7 Å². The van der Waals surface area contributed by atoms with E-state index in [-0.39, 0.29) is 0 Å². The molecule has 0 aliphatic heterocycles. The van der Waals surface area contributed by atoms with E-state index in [1.807, 2.05) is 41.8 Å². The minimum Gasteiger partial charge on any atom is -0.382 e. The molecule has 0 bridgehead atoms. The number of nitrogens with zero attached hydrogens (tertiary/aromatic N) is 1. The molecule has 3 aromatic rings. The summed E-state index contributed by atoms with van der Waals surface area (Å²) >= 11 is 5.09. The molecule has 5 heteroatoms. The summed E-state index contributed by atoms with van der Waals surface area (Å²) in [5, 5.41) is 9.17. The molecule has 0 aliphatic carbocycles. The van der Waals surface area contributed by atoms with Gasteiger partial charge in [-0.3, -0.25) is 5.10 Å². The Balaban J connectivity index is 2.16. The number of thiophene rings is 1. The Labute approximate surface area is 117 Å². The first-order chi connectivity index (χ1) is 8.75. The molecular weight excluding hydrogens is 310 g/mol. The lowest BCUT2D eigenvalue weighted by molar-refractivity contribution is 1.10. The maximum atomic E-state index is 5.95. The van der Waals surface area contributed by atoms with Crippen LogP contribution in [0.2, 0.25) is 0 Å². The first-order valence-electron chi connectivity index (χ1n) is 5.39. The van der Waals surface area contributed by atoms with Crippen molar-refractivity contribution in [2.24, 2.45) is 0 Å². The molecule has 0 unspecified atom stereocenters. The number of halogens is 1. The van der Waals surface area contributed by atoms with Crippen molar-refractivity contribution < 1.29 is 0 Å². The normalized spacial score (nSPS) is 10.7. The number of hydrogen-bond donors (Lipinski definition) is 2. The highest BCUT2D eigenvalue weighted by Gasteiger charge is 2.15. The molecule has 18 heavy (non-hydrogen) atoms. The Bertz CT molecular complexity index is 656. The quantitative estimate of drug-likeness (QED) is 0.745. The van der Waals surface area contributed by atoms with Gasteiger partial charge in [0.1, 0.15) is 0 Å². The van der Waals surface area contributed by atoms with Crippen molar-refractivity contribution in [3.05, 3.63) is 46.3 Å². The molecular formula is C13H10BrN3S. The number of rotatable bonds is 2. The molecule has 1 aromatic carbocycles. The van der Waals surface area contributed by atoms with Gasteiger partial charge in [0.05, 0.1) is 11.3 Å². The number of anilines is 1. The molecule has 0 amide bonds. The summed E-state index contributed by atoms with van der Waals surface area (Å²) < 4.78 is 1.05. The zero-order chi connectivity index (χ0) is 12.5. The van der Waals surface area contributed by atoms with Crippen molar-refractivity contribution in [2.45, 2.75) is 0 Å². The molecule has 90 valence electrons. The summed E-state index contributed by atoms with van der Waals surface area (Å²) in [5.74, 6) is 0.537. The Morgan fingerprint density at radius 3 is 2.61 bits per heavy atom. The monoisotopic (exact) mass is 319 g/mol. The van der Waals surface area contributed by atoms with Gasteiger partial charge in [0, 0.05) is 14.9 Å². The van der Waals surface area contributed by atoms with Crippen LogP contribution in [0.3, 0.4) is 0 Å². The molecule has 0 aliphatic rings. The smallest absolute Gasteiger partial charge is 0.154 e. The van der Waals surface area contributed by atoms with E-state index in [1.54, 1.807) is 11.3 Å². The maximum absolute atomic E-state index is 5.95. The van der Waals surface area contributed by atoms with Crippen molar-refractivity contribution in [1.82, 2.24) is 10.2 Å². The van der Waals surface area contributed by atoms with E-state index in [4.69, 9.17) is 5.73 Å². The highest BCUT2D eigenvalue weighted by molar-refractivity contribution is 9.10. The fourth-order valence-electron chi connectivity index (χ4n) is 1.85. The number of aromatic amines is 1. The molecule has 3 nitrogen and oxygen atoms in total. The molecule has 3 N–H and O–H groups in total. The van der Waals surface area contributed by atoms with E-state index in [1.165, 1.54) is 0 Å². The number of benzene rings is 1. The summed E-state index contributed by atoms with van der Waals surface area (Å²) in [6.07, 6.45) is 0. The molecule has 0 saturated heterocycles. The lowest BCUT2D eigenvalue weighted by Crippen LogP contribution is -1.86. The molecule has 0 saturated carbocycles. The van der Waals surface area contributed by atoms with E-state index in [9.17, 15) is 0 Å². The van der Waals surface area contributed by atoms with Gasteiger partial charge in [-0.25, -0.2) is 0 Å². The minimum absolute atomic E-state index is 0.537. The predicted octanol–water partition coefficient (Wildman–Crippen LogP) is 4.15. The standard InChI is InChI=1S/C13H10BrN3S/c14-9-5-3-8(4-6-9)12-11(13(15)17-16-12)10-2-1-7-18-10/h1-7H,(H3,15,16,17). The third-order valence-corrected chi connectivity index (χ3v) is 4.11.